The van der Waals surface area contributed by atoms with E-state index in [-0.39, 0.29) is 5.41 Å². The van der Waals surface area contributed by atoms with Gasteiger partial charge in [0.2, 0.25) is 0 Å². The number of rotatable bonds is 4. The average Bonchev–Trinajstić information content (AvgIpc) is 3.58. The molecule has 0 N–H and O–H groups in total. The monoisotopic (exact) mass is 577 g/mol. The van der Waals surface area contributed by atoms with Crippen LogP contribution in [0.5, 0.6) is 0 Å². The lowest BCUT2D eigenvalue weighted by Crippen LogP contribution is -2.15. The Hall–Kier alpha value is -5.60. The Balaban J connectivity index is 1.15. The fourth-order valence-corrected chi connectivity index (χ4v) is 7.40. The minimum absolute atomic E-state index is 0.0160. The van der Waals surface area contributed by atoms with E-state index in [1.807, 2.05) is 12.1 Å². The van der Waals surface area contributed by atoms with Gasteiger partial charge in [-0.2, -0.15) is 0 Å². The van der Waals surface area contributed by atoms with Crippen molar-refractivity contribution in [3.63, 3.8) is 0 Å². The molecule has 0 spiro atoms. The zero-order chi connectivity index (χ0) is 30.1. The smallest absolute Gasteiger partial charge is 0.136 e. The van der Waals surface area contributed by atoms with Gasteiger partial charge in [0.15, 0.2) is 0 Å². The number of furan rings is 1. The molecule has 0 unspecified atom stereocenters. The molecular weight excluding hydrogens is 546 g/mol. The quantitative estimate of drug-likeness (QED) is 0.207. The molecule has 2 nitrogen and oxygen atoms in total. The van der Waals surface area contributed by atoms with Crippen molar-refractivity contribution < 1.29 is 4.42 Å². The summed E-state index contributed by atoms with van der Waals surface area (Å²) in [6.07, 6.45) is 0. The molecule has 8 aromatic rings. The first kappa shape index (κ1) is 25.9. The third kappa shape index (κ3) is 3.96. The molecule has 214 valence electrons. The molecule has 1 aliphatic rings. The van der Waals surface area contributed by atoms with Gasteiger partial charge >= 0.3 is 0 Å². The second kappa shape index (κ2) is 9.70. The van der Waals surface area contributed by atoms with Crippen LogP contribution in [-0.2, 0) is 5.41 Å². The van der Waals surface area contributed by atoms with Crippen LogP contribution in [0.1, 0.15) is 25.0 Å². The van der Waals surface area contributed by atoms with Crippen LogP contribution < -0.4 is 4.90 Å². The third-order valence-electron chi connectivity index (χ3n) is 9.66. The molecule has 1 aromatic heterocycles. The van der Waals surface area contributed by atoms with Gasteiger partial charge in [0.05, 0.1) is 0 Å². The molecule has 0 fully saturated rings. The minimum Gasteiger partial charge on any atom is -0.456 e. The summed E-state index contributed by atoms with van der Waals surface area (Å²) in [5.41, 5.74) is 13.0. The van der Waals surface area contributed by atoms with Crippen molar-refractivity contribution in [3.8, 4) is 22.3 Å². The van der Waals surface area contributed by atoms with Crippen LogP contribution in [0.3, 0.4) is 0 Å². The molecule has 9 rings (SSSR count). The van der Waals surface area contributed by atoms with Crippen molar-refractivity contribution in [2.24, 2.45) is 0 Å². The third-order valence-corrected chi connectivity index (χ3v) is 9.66. The summed E-state index contributed by atoms with van der Waals surface area (Å²) < 4.78 is 6.19. The summed E-state index contributed by atoms with van der Waals surface area (Å²) in [6.45, 7) is 4.66. The van der Waals surface area contributed by atoms with E-state index in [2.05, 4.69) is 158 Å². The van der Waals surface area contributed by atoms with E-state index >= 15 is 0 Å². The molecular formula is C43H31NO. The first-order valence-corrected chi connectivity index (χ1v) is 15.6. The lowest BCUT2D eigenvalue weighted by Gasteiger charge is -2.27. The molecule has 0 saturated carbocycles. The predicted molar refractivity (Wildman–Crippen MR) is 189 cm³/mol. The van der Waals surface area contributed by atoms with Gasteiger partial charge < -0.3 is 9.32 Å². The van der Waals surface area contributed by atoms with Gasteiger partial charge in [0, 0.05) is 33.2 Å². The first-order chi connectivity index (χ1) is 22.1. The van der Waals surface area contributed by atoms with Gasteiger partial charge in [-0.25, -0.2) is 0 Å². The maximum atomic E-state index is 6.19. The van der Waals surface area contributed by atoms with Crippen molar-refractivity contribution >= 4 is 49.8 Å². The lowest BCUT2D eigenvalue weighted by molar-refractivity contribution is 0.660. The zero-order valence-corrected chi connectivity index (χ0v) is 25.3. The summed E-state index contributed by atoms with van der Waals surface area (Å²) >= 11 is 0. The van der Waals surface area contributed by atoms with Gasteiger partial charge in [-0.15, -0.1) is 0 Å². The summed E-state index contributed by atoms with van der Waals surface area (Å²) in [7, 11) is 0. The number of benzene rings is 7. The van der Waals surface area contributed by atoms with Crippen LogP contribution >= 0.6 is 0 Å². The number of para-hydroxylation sites is 2. The Morgan fingerprint density at radius 2 is 1.13 bits per heavy atom. The summed E-state index contributed by atoms with van der Waals surface area (Å²) in [5.74, 6) is 0. The second-order valence-corrected chi connectivity index (χ2v) is 12.6. The van der Waals surface area contributed by atoms with E-state index < -0.39 is 0 Å². The summed E-state index contributed by atoms with van der Waals surface area (Å²) in [5, 5.41) is 4.76. The normalized spacial score (nSPS) is 13.3. The van der Waals surface area contributed by atoms with Gasteiger partial charge in [0.25, 0.3) is 0 Å². The highest BCUT2D eigenvalue weighted by molar-refractivity contribution is 6.19. The molecule has 0 radical (unpaired) electrons. The van der Waals surface area contributed by atoms with Gasteiger partial charge in [0.1, 0.15) is 11.2 Å². The van der Waals surface area contributed by atoms with E-state index in [1.54, 1.807) is 0 Å². The van der Waals surface area contributed by atoms with E-state index in [0.717, 1.165) is 33.6 Å². The summed E-state index contributed by atoms with van der Waals surface area (Å²) in [6, 6.07) is 54.7. The van der Waals surface area contributed by atoms with Crippen molar-refractivity contribution in [2.45, 2.75) is 19.3 Å². The molecule has 1 aliphatic carbocycles. The Labute approximate surface area is 262 Å². The van der Waals surface area contributed by atoms with Crippen molar-refractivity contribution in [1.82, 2.24) is 0 Å². The Kier molecular flexibility index (Phi) is 5.58. The van der Waals surface area contributed by atoms with Crippen LogP contribution in [0.15, 0.2) is 156 Å². The maximum absolute atomic E-state index is 6.19. The number of hydrogen-bond donors (Lipinski definition) is 0. The largest absolute Gasteiger partial charge is 0.456 e. The van der Waals surface area contributed by atoms with Crippen molar-refractivity contribution in [1.29, 1.82) is 0 Å². The summed E-state index contributed by atoms with van der Waals surface area (Å²) in [4.78, 5) is 2.36. The van der Waals surface area contributed by atoms with E-state index in [1.165, 1.54) is 49.5 Å². The van der Waals surface area contributed by atoms with Gasteiger partial charge in [-0.1, -0.05) is 111 Å². The SMILES string of the molecule is CC1(C)c2ccccc2-c2cc(N(c3ccccc3)c3ccc(-c4ccc5ccc6oc7ccccc7c6c5c4)cc3)ccc21. The standard InChI is InChI=1S/C43H31NO/c1-43(2)38-14-8-6-12-34(38)37-27-33(23-24-39(37)43)44(31-10-4-3-5-11-31)32-21-18-28(19-22-32)30-17-16-29-20-25-41-42(36(29)26-30)35-13-7-9-15-40(35)45-41/h3-27H,1-2H3. The topological polar surface area (TPSA) is 16.4 Å². The molecule has 0 saturated heterocycles. The van der Waals surface area contributed by atoms with Gasteiger partial charge in [-0.05, 0) is 98.8 Å². The second-order valence-electron chi connectivity index (χ2n) is 12.6. The highest BCUT2D eigenvalue weighted by Gasteiger charge is 2.35. The maximum Gasteiger partial charge on any atom is 0.136 e. The minimum atomic E-state index is -0.0160. The Morgan fingerprint density at radius 1 is 0.467 bits per heavy atom. The fraction of sp³-hybridized carbons (Fsp3) is 0.0698. The highest BCUT2D eigenvalue weighted by Crippen LogP contribution is 2.50. The van der Waals surface area contributed by atoms with Gasteiger partial charge in [-0.3, -0.25) is 0 Å². The Bertz CT molecular complexity index is 2400. The van der Waals surface area contributed by atoms with Crippen LogP contribution in [0.25, 0.3) is 55.0 Å². The number of anilines is 3. The van der Waals surface area contributed by atoms with Crippen LogP contribution in [-0.4, -0.2) is 0 Å². The van der Waals surface area contributed by atoms with Crippen molar-refractivity contribution in [3.05, 3.63) is 163 Å². The van der Waals surface area contributed by atoms with Crippen LogP contribution in [0.2, 0.25) is 0 Å². The fourth-order valence-electron chi connectivity index (χ4n) is 7.40. The lowest BCUT2D eigenvalue weighted by atomic mass is 9.82. The van der Waals surface area contributed by atoms with Crippen LogP contribution in [0, 0.1) is 0 Å². The predicted octanol–water partition coefficient (Wildman–Crippen LogP) is 12.2. The molecule has 7 aromatic carbocycles. The first-order valence-electron chi connectivity index (χ1n) is 15.6. The van der Waals surface area contributed by atoms with Crippen LogP contribution in [0.4, 0.5) is 17.1 Å². The molecule has 0 amide bonds. The molecule has 0 bridgehead atoms. The molecule has 2 heteroatoms. The highest BCUT2D eigenvalue weighted by atomic mass is 16.3. The van der Waals surface area contributed by atoms with E-state index in [0.29, 0.717) is 0 Å². The molecule has 0 aliphatic heterocycles. The molecule has 0 atom stereocenters. The zero-order valence-electron chi connectivity index (χ0n) is 25.3. The van der Waals surface area contributed by atoms with Crippen molar-refractivity contribution in [2.75, 3.05) is 4.90 Å². The number of hydrogen-bond acceptors (Lipinski definition) is 2. The average molecular weight is 578 g/mol. The van der Waals surface area contributed by atoms with E-state index in [9.17, 15) is 0 Å². The number of fused-ring (bicyclic) bond motifs is 8. The number of nitrogens with zero attached hydrogens (tertiary/aromatic N) is 1. The molecule has 1 heterocycles. The Morgan fingerprint density at radius 3 is 2.00 bits per heavy atom. The molecule has 45 heavy (non-hydrogen) atoms. The van der Waals surface area contributed by atoms with E-state index in [4.69, 9.17) is 4.42 Å².